The minimum atomic E-state index is -1.28. The van der Waals surface area contributed by atoms with E-state index in [2.05, 4.69) is 12.6 Å². The number of carboxylic acid groups (broad SMARTS) is 1. The Balaban J connectivity index is 3.43. The molecular weight excluding hydrogens is 181 g/mol. The number of nitrogens with two attached hydrogens (primary N) is 1. The summed E-state index contributed by atoms with van der Waals surface area (Å²) in [4.78, 5) is 10.7. The number of hydrogen-bond donors (Lipinski definition) is 3. The smallest absolute Gasteiger partial charge is 0.339 e. The molecule has 0 bridgehead atoms. The summed E-state index contributed by atoms with van der Waals surface area (Å²) >= 11 is 3.83. The van der Waals surface area contributed by atoms with Gasteiger partial charge in [0.1, 0.15) is 5.82 Å². The average Bonchev–Trinajstić information content (AvgIpc) is 1.97. The normalized spacial score (nSPS) is 9.83. The molecule has 3 nitrogen and oxygen atoms in total. The standard InChI is InChI=1S/C7H6FNO2S/c8-3-1-2-4(12)5(6(3)9)7(10)11/h1-2,12H,9H2,(H,10,11). The molecule has 0 heterocycles. The third kappa shape index (κ3) is 1.35. The second-order valence-electron chi connectivity index (χ2n) is 2.16. The van der Waals surface area contributed by atoms with Crippen LogP contribution in [-0.2, 0) is 0 Å². The summed E-state index contributed by atoms with van der Waals surface area (Å²) in [5.41, 5.74) is 4.51. The van der Waals surface area contributed by atoms with E-state index in [1.807, 2.05) is 0 Å². The number of carboxylic acids is 1. The molecule has 1 rings (SSSR count). The van der Waals surface area contributed by atoms with Gasteiger partial charge in [0.15, 0.2) is 0 Å². The van der Waals surface area contributed by atoms with E-state index in [0.717, 1.165) is 6.07 Å². The Labute approximate surface area is 73.4 Å². The van der Waals surface area contributed by atoms with Crippen molar-refractivity contribution in [3.05, 3.63) is 23.5 Å². The molecule has 0 aliphatic carbocycles. The van der Waals surface area contributed by atoms with E-state index >= 15 is 0 Å². The molecule has 0 aliphatic heterocycles. The van der Waals surface area contributed by atoms with Gasteiger partial charge < -0.3 is 10.8 Å². The molecule has 64 valence electrons. The summed E-state index contributed by atoms with van der Waals surface area (Å²) in [6, 6.07) is 2.32. The van der Waals surface area contributed by atoms with E-state index in [9.17, 15) is 9.18 Å². The zero-order chi connectivity index (χ0) is 9.30. The number of halogens is 1. The van der Waals surface area contributed by atoms with Crippen LogP contribution in [0.3, 0.4) is 0 Å². The van der Waals surface area contributed by atoms with Gasteiger partial charge in [-0.25, -0.2) is 9.18 Å². The van der Waals surface area contributed by atoms with Gasteiger partial charge in [0.25, 0.3) is 0 Å². The van der Waals surface area contributed by atoms with Crippen LogP contribution in [0, 0.1) is 5.82 Å². The Morgan fingerprint density at radius 3 is 2.58 bits per heavy atom. The van der Waals surface area contributed by atoms with E-state index in [1.54, 1.807) is 0 Å². The highest BCUT2D eigenvalue weighted by atomic mass is 32.1. The van der Waals surface area contributed by atoms with Gasteiger partial charge in [-0.15, -0.1) is 12.6 Å². The number of rotatable bonds is 1. The fourth-order valence-corrected chi connectivity index (χ4v) is 1.10. The number of carbonyl (C=O) groups is 1. The van der Waals surface area contributed by atoms with Crippen molar-refractivity contribution in [1.82, 2.24) is 0 Å². The molecule has 0 atom stereocenters. The predicted octanol–water partition coefficient (Wildman–Crippen LogP) is 1.39. The molecule has 0 aliphatic rings. The third-order valence-electron chi connectivity index (χ3n) is 1.38. The lowest BCUT2D eigenvalue weighted by atomic mass is 10.2. The van der Waals surface area contributed by atoms with Crippen LogP contribution in [0.25, 0.3) is 0 Å². The predicted molar refractivity (Wildman–Crippen MR) is 45.0 cm³/mol. The van der Waals surface area contributed by atoms with Crippen molar-refractivity contribution in [2.24, 2.45) is 0 Å². The molecular formula is C7H6FNO2S. The minimum Gasteiger partial charge on any atom is -0.478 e. The highest BCUT2D eigenvalue weighted by molar-refractivity contribution is 7.80. The van der Waals surface area contributed by atoms with Crippen molar-refractivity contribution < 1.29 is 14.3 Å². The number of nitrogen functional groups attached to an aromatic ring is 1. The van der Waals surface area contributed by atoms with E-state index in [1.165, 1.54) is 6.07 Å². The molecule has 3 N–H and O–H groups in total. The first kappa shape index (κ1) is 8.86. The quantitative estimate of drug-likeness (QED) is 0.460. The van der Waals surface area contributed by atoms with Crippen molar-refractivity contribution in [2.75, 3.05) is 5.73 Å². The Morgan fingerprint density at radius 2 is 2.17 bits per heavy atom. The summed E-state index contributed by atoms with van der Waals surface area (Å²) in [5.74, 6) is -2.03. The molecule has 12 heavy (non-hydrogen) atoms. The Kier molecular flexibility index (Phi) is 2.23. The molecule has 1 aromatic carbocycles. The lowest BCUT2D eigenvalue weighted by Gasteiger charge is -2.03. The molecule has 0 fully saturated rings. The molecule has 0 saturated carbocycles. The number of thiol groups is 1. The SMILES string of the molecule is Nc1c(F)ccc(S)c1C(=O)O. The molecule has 0 aromatic heterocycles. The van der Waals surface area contributed by atoms with Gasteiger partial charge in [-0.1, -0.05) is 0 Å². The summed E-state index contributed by atoms with van der Waals surface area (Å²) in [5, 5.41) is 8.58. The van der Waals surface area contributed by atoms with E-state index in [0.29, 0.717) is 0 Å². The van der Waals surface area contributed by atoms with Crippen molar-refractivity contribution in [2.45, 2.75) is 4.90 Å². The summed E-state index contributed by atoms with van der Waals surface area (Å²) in [6.07, 6.45) is 0. The van der Waals surface area contributed by atoms with Crippen LogP contribution in [0.15, 0.2) is 17.0 Å². The van der Waals surface area contributed by atoms with Crippen molar-refractivity contribution in [3.63, 3.8) is 0 Å². The van der Waals surface area contributed by atoms with Crippen LogP contribution in [-0.4, -0.2) is 11.1 Å². The van der Waals surface area contributed by atoms with Gasteiger partial charge in [0, 0.05) is 4.90 Å². The van der Waals surface area contributed by atoms with Gasteiger partial charge in [0.2, 0.25) is 0 Å². The van der Waals surface area contributed by atoms with Crippen molar-refractivity contribution in [1.29, 1.82) is 0 Å². The second-order valence-corrected chi connectivity index (χ2v) is 2.64. The number of aromatic carboxylic acids is 1. The minimum absolute atomic E-state index is 0.154. The highest BCUT2D eigenvalue weighted by Crippen LogP contribution is 2.23. The fourth-order valence-electron chi connectivity index (χ4n) is 0.807. The maximum absolute atomic E-state index is 12.7. The molecule has 0 saturated heterocycles. The molecule has 0 unspecified atom stereocenters. The number of anilines is 1. The average molecular weight is 187 g/mol. The van der Waals surface area contributed by atoms with Gasteiger partial charge in [-0.2, -0.15) is 0 Å². The summed E-state index contributed by atoms with van der Waals surface area (Å²) in [7, 11) is 0. The third-order valence-corrected chi connectivity index (χ3v) is 1.76. The maximum atomic E-state index is 12.7. The summed E-state index contributed by atoms with van der Waals surface area (Å²) < 4.78 is 12.7. The number of hydrogen-bond acceptors (Lipinski definition) is 3. The monoisotopic (exact) mass is 187 g/mol. The summed E-state index contributed by atoms with van der Waals surface area (Å²) in [6.45, 7) is 0. The van der Waals surface area contributed by atoms with E-state index in [4.69, 9.17) is 10.8 Å². The first-order valence-corrected chi connectivity index (χ1v) is 3.49. The van der Waals surface area contributed by atoms with Gasteiger partial charge in [0.05, 0.1) is 11.3 Å². The molecule has 1 aromatic rings. The Morgan fingerprint density at radius 1 is 1.58 bits per heavy atom. The second kappa shape index (κ2) is 3.02. The van der Waals surface area contributed by atoms with Crippen molar-refractivity contribution >= 4 is 24.3 Å². The lowest BCUT2D eigenvalue weighted by molar-refractivity contribution is 0.0694. The van der Waals surface area contributed by atoms with Crippen LogP contribution in [0.1, 0.15) is 10.4 Å². The largest absolute Gasteiger partial charge is 0.478 e. The molecule has 5 heteroatoms. The molecule has 0 amide bonds. The number of benzene rings is 1. The van der Waals surface area contributed by atoms with E-state index in [-0.39, 0.29) is 16.1 Å². The van der Waals surface area contributed by atoms with Gasteiger partial charge in [-0.05, 0) is 12.1 Å². The lowest BCUT2D eigenvalue weighted by Crippen LogP contribution is -2.05. The molecule has 0 radical (unpaired) electrons. The van der Waals surface area contributed by atoms with Crippen LogP contribution in [0.5, 0.6) is 0 Å². The van der Waals surface area contributed by atoms with Crippen LogP contribution >= 0.6 is 12.6 Å². The maximum Gasteiger partial charge on any atom is 0.339 e. The van der Waals surface area contributed by atoms with Crippen molar-refractivity contribution in [3.8, 4) is 0 Å². The Bertz CT molecular complexity index is 340. The van der Waals surface area contributed by atoms with Crippen LogP contribution < -0.4 is 5.73 Å². The van der Waals surface area contributed by atoms with E-state index < -0.39 is 11.8 Å². The van der Waals surface area contributed by atoms with Gasteiger partial charge >= 0.3 is 5.97 Å². The first-order chi connectivity index (χ1) is 5.54. The highest BCUT2D eigenvalue weighted by Gasteiger charge is 2.14. The first-order valence-electron chi connectivity index (χ1n) is 3.04. The molecule has 0 spiro atoms. The zero-order valence-corrected chi connectivity index (χ0v) is 6.81. The van der Waals surface area contributed by atoms with Crippen LogP contribution in [0.4, 0.5) is 10.1 Å². The zero-order valence-electron chi connectivity index (χ0n) is 5.91. The van der Waals surface area contributed by atoms with Gasteiger partial charge in [-0.3, -0.25) is 0 Å². The fraction of sp³-hybridized carbons (Fsp3) is 0. The van der Waals surface area contributed by atoms with Crippen LogP contribution in [0.2, 0.25) is 0 Å². The Hall–Kier alpha value is -1.23. The topological polar surface area (TPSA) is 63.3 Å².